The molecule has 0 aromatic carbocycles. The zero-order chi connectivity index (χ0) is 31.9. The van der Waals surface area contributed by atoms with Crippen molar-refractivity contribution in [2.45, 2.75) is 12.3 Å². The van der Waals surface area contributed by atoms with Crippen molar-refractivity contribution in [3.05, 3.63) is 45.7 Å². The van der Waals surface area contributed by atoms with Crippen molar-refractivity contribution in [1.82, 2.24) is 9.80 Å². The Labute approximate surface area is 242 Å². The molecule has 0 aliphatic rings. The summed E-state index contributed by atoms with van der Waals surface area (Å²) in [5.41, 5.74) is 0. The molecule has 0 aliphatic heterocycles. The molecule has 42 heavy (non-hydrogen) atoms. The molecule has 0 unspecified atom stereocenters. The summed E-state index contributed by atoms with van der Waals surface area (Å²) < 4.78 is 10.8. The van der Waals surface area contributed by atoms with Crippen LogP contribution in [-0.4, -0.2) is 111 Å². The summed E-state index contributed by atoms with van der Waals surface area (Å²) >= 11 is 0. The summed E-state index contributed by atoms with van der Waals surface area (Å²) in [7, 11) is 0. The minimum Gasteiger partial charge on any atom is -0.378 e. The van der Waals surface area contributed by atoms with Gasteiger partial charge in [0.1, 0.15) is 0 Å². The molecule has 0 aromatic heterocycles. The van der Waals surface area contributed by atoms with E-state index in [2.05, 4.69) is 19.4 Å². The average Bonchev–Trinajstić information content (AvgIpc) is 2.96. The van der Waals surface area contributed by atoms with Gasteiger partial charge in [-0.25, -0.2) is 45.7 Å². The summed E-state index contributed by atoms with van der Waals surface area (Å²) in [5.74, 6) is -6.11. The van der Waals surface area contributed by atoms with Crippen LogP contribution in [0.25, 0.3) is 19.4 Å². The van der Waals surface area contributed by atoms with E-state index in [9.17, 15) is 19.2 Å². The topological polar surface area (TPSA) is 206 Å². The highest BCUT2D eigenvalue weighted by atomic mass is 16.5. The molecule has 16 nitrogen and oxygen atoms in total. The second-order valence-electron chi connectivity index (χ2n) is 8.16. The third-order valence-electron chi connectivity index (χ3n) is 5.22. The Morgan fingerprint density at radius 1 is 0.548 bits per heavy atom. The van der Waals surface area contributed by atoms with Gasteiger partial charge in [-0.15, -0.1) is 0 Å². The van der Waals surface area contributed by atoms with Crippen LogP contribution in [-0.2, 0) is 28.7 Å². The number of nitrogens with zero attached hydrogens (tertiary/aromatic N) is 10. The molecule has 0 fully saturated rings. The molecule has 214 valence electrons. The fraction of sp³-hybridized carbons (Fsp3) is 0.538. The Kier molecular flexibility index (Phi) is 18.5. The summed E-state index contributed by atoms with van der Waals surface area (Å²) in [5, 5.41) is 35.6. The van der Waals surface area contributed by atoms with Crippen molar-refractivity contribution in [2.24, 2.45) is 11.8 Å². The van der Waals surface area contributed by atoms with Crippen LogP contribution in [0.3, 0.4) is 0 Å². The molecule has 0 spiro atoms. The van der Waals surface area contributed by atoms with E-state index in [0.717, 1.165) is 0 Å². The molecule has 0 amide bonds. The molecule has 0 heterocycles. The third kappa shape index (κ3) is 13.5. The Morgan fingerprint density at radius 2 is 0.833 bits per heavy atom. The molecular weight excluding hydrogens is 548 g/mol. The normalized spacial score (nSPS) is 10.1. The monoisotopic (exact) mass is 572 g/mol. The van der Waals surface area contributed by atoms with E-state index >= 15 is 0 Å². The quantitative estimate of drug-likeness (QED) is 0.127. The van der Waals surface area contributed by atoms with E-state index in [1.165, 1.54) is 34.1 Å². The Bertz CT molecular complexity index is 1070. The van der Waals surface area contributed by atoms with E-state index in [1.54, 1.807) is 0 Å². The van der Waals surface area contributed by atoms with E-state index in [-0.39, 0.29) is 39.5 Å². The third-order valence-corrected chi connectivity index (χ3v) is 5.22. The molecule has 0 saturated carbocycles. The average molecular weight is 573 g/mol. The summed E-state index contributed by atoms with van der Waals surface area (Å²) in [6.45, 7) is 25.9. The highest BCUT2D eigenvalue weighted by molar-refractivity contribution is 5.91. The number of ether oxygens (including phenoxy) is 2. The van der Waals surface area contributed by atoms with Gasteiger partial charge in [0, 0.05) is 13.1 Å². The van der Waals surface area contributed by atoms with Crippen LogP contribution in [0.1, 0.15) is 0 Å². The lowest BCUT2D eigenvalue weighted by atomic mass is 10.1. The first-order chi connectivity index (χ1) is 20.1. The lowest BCUT2D eigenvalue weighted by molar-refractivity contribution is -0.125. The summed E-state index contributed by atoms with van der Waals surface area (Å²) in [4.78, 5) is 62.8. The molecule has 0 N–H and O–H groups in total. The molecular formula is C26H24N10O6. The lowest BCUT2D eigenvalue weighted by Gasteiger charge is -2.21. The van der Waals surface area contributed by atoms with Crippen LogP contribution in [0, 0.1) is 83.4 Å². The van der Waals surface area contributed by atoms with Crippen LogP contribution < -0.4 is 0 Å². The van der Waals surface area contributed by atoms with Gasteiger partial charge in [0.05, 0.1) is 76.9 Å². The first kappa shape index (κ1) is 36.4. The first-order valence-corrected chi connectivity index (χ1v) is 11.9. The van der Waals surface area contributed by atoms with Gasteiger partial charge in [-0.2, -0.15) is 21.0 Å². The Morgan fingerprint density at radius 3 is 1.10 bits per heavy atom. The number of hydrogen-bond acceptors (Lipinski definition) is 12. The largest absolute Gasteiger partial charge is 0.536 e. The van der Waals surface area contributed by atoms with Crippen LogP contribution >= 0.6 is 0 Å². The molecule has 0 aromatic rings. The van der Waals surface area contributed by atoms with Crippen LogP contribution in [0.15, 0.2) is 0 Å². The number of ketones is 4. The zero-order valence-corrected chi connectivity index (χ0v) is 22.3. The van der Waals surface area contributed by atoms with Gasteiger partial charge in [-0.05, 0) is 0 Å². The molecule has 0 radical (unpaired) electrons. The Hall–Kier alpha value is -5.56. The SMILES string of the molecule is [C-]#[N+]C([N+]#[C-])C(=O)CN(CCOCCOCCN(CC(=O)C(C#N)C#N)CC(=O)C(C#N)C#N)CC(=O)C([N+]#[C-])[N+]#[C-]. The van der Waals surface area contributed by atoms with Gasteiger partial charge in [0.25, 0.3) is 0 Å². The number of nitriles is 4. The van der Waals surface area contributed by atoms with Crippen molar-refractivity contribution >= 4 is 23.1 Å². The van der Waals surface area contributed by atoms with Crippen molar-refractivity contribution < 1.29 is 28.7 Å². The Balaban J connectivity index is 4.91. The van der Waals surface area contributed by atoms with Crippen molar-refractivity contribution in [3.63, 3.8) is 0 Å². The van der Waals surface area contributed by atoms with Crippen LogP contribution in [0.5, 0.6) is 0 Å². The van der Waals surface area contributed by atoms with Gasteiger partial charge in [-0.1, -0.05) is 0 Å². The maximum Gasteiger partial charge on any atom is 0.536 e. The highest BCUT2D eigenvalue weighted by Crippen LogP contribution is 2.04. The summed E-state index contributed by atoms with van der Waals surface area (Å²) in [6, 6.07) is 6.14. The predicted molar refractivity (Wildman–Crippen MR) is 138 cm³/mol. The lowest BCUT2D eigenvalue weighted by Crippen LogP contribution is -2.41. The molecule has 0 aliphatic carbocycles. The number of carbonyl (C=O) groups is 4. The van der Waals surface area contributed by atoms with Crippen molar-refractivity contribution in [2.75, 3.05) is 65.7 Å². The van der Waals surface area contributed by atoms with Crippen LogP contribution in [0.4, 0.5) is 0 Å². The molecule has 0 rings (SSSR count). The van der Waals surface area contributed by atoms with Gasteiger partial charge < -0.3 is 9.47 Å². The minimum absolute atomic E-state index is 0.00117. The first-order valence-electron chi connectivity index (χ1n) is 11.9. The fourth-order valence-electron chi connectivity index (χ4n) is 3.06. The molecule has 0 bridgehead atoms. The van der Waals surface area contributed by atoms with Gasteiger partial charge in [0.2, 0.25) is 0 Å². The maximum absolute atomic E-state index is 12.2. The van der Waals surface area contributed by atoms with Crippen molar-refractivity contribution in [1.29, 1.82) is 21.0 Å². The molecule has 0 saturated heterocycles. The number of rotatable bonds is 21. The minimum atomic E-state index is -1.57. The van der Waals surface area contributed by atoms with E-state index in [1.807, 2.05) is 0 Å². The number of Topliss-reactive ketones (excluding diaryl/α,β-unsaturated/α-hetero) is 4. The van der Waals surface area contributed by atoms with Crippen LogP contribution in [0.2, 0.25) is 0 Å². The molecule has 16 heteroatoms. The zero-order valence-electron chi connectivity index (χ0n) is 22.3. The highest BCUT2D eigenvalue weighted by Gasteiger charge is 2.34. The second-order valence-corrected chi connectivity index (χ2v) is 8.16. The van der Waals surface area contributed by atoms with Gasteiger partial charge >= 0.3 is 23.9 Å². The number of carbonyl (C=O) groups excluding carboxylic acids is 4. The van der Waals surface area contributed by atoms with Gasteiger partial charge in [0.15, 0.2) is 23.4 Å². The molecule has 0 atom stereocenters. The smallest absolute Gasteiger partial charge is 0.378 e. The standard InChI is InChI=1S/C26H24N10O6/c1-31-25(32-2)23(39)17-36(18-24(40)26(33-3)34-4)6-8-42-10-9-41-7-5-35(15-21(37)19(11-27)12-28)16-22(38)20(13-29)14-30/h19-20,25-26H,5-10,15-18H2. The number of hydrogen-bond donors (Lipinski definition) is 0. The predicted octanol–water partition coefficient (Wildman–Crippen LogP) is -0.444. The van der Waals surface area contributed by atoms with E-state index < -0.39 is 73.5 Å². The fourth-order valence-corrected chi connectivity index (χ4v) is 3.06. The summed E-state index contributed by atoms with van der Waals surface area (Å²) in [6.07, 6.45) is -3.15. The van der Waals surface area contributed by atoms with E-state index in [0.29, 0.717) is 0 Å². The van der Waals surface area contributed by atoms with Gasteiger partial charge in [-0.3, -0.25) is 29.0 Å². The van der Waals surface area contributed by atoms with E-state index in [4.69, 9.17) is 56.8 Å². The second kappa shape index (κ2) is 21.3. The van der Waals surface area contributed by atoms with Crippen molar-refractivity contribution in [3.8, 4) is 24.3 Å². The maximum atomic E-state index is 12.2.